The number of rotatable bonds is 9. The van der Waals surface area contributed by atoms with Crippen LogP contribution in [0.1, 0.15) is 28.4 Å². The number of carbonyl (C=O) groups is 3. The predicted octanol–water partition coefficient (Wildman–Crippen LogP) is 3.97. The summed E-state index contributed by atoms with van der Waals surface area (Å²) in [6, 6.07) is 20.3. The van der Waals surface area contributed by atoms with E-state index < -0.39 is 17.9 Å². The summed E-state index contributed by atoms with van der Waals surface area (Å²) in [4.78, 5) is 37.7. The highest BCUT2D eigenvalue weighted by Gasteiger charge is 2.21. The van der Waals surface area contributed by atoms with Crippen molar-refractivity contribution in [1.82, 2.24) is 5.32 Å². The van der Waals surface area contributed by atoms with Crippen molar-refractivity contribution in [2.45, 2.75) is 19.4 Å². The van der Waals surface area contributed by atoms with Crippen LogP contribution in [0.25, 0.3) is 6.08 Å². The van der Waals surface area contributed by atoms with Crippen LogP contribution in [0.5, 0.6) is 11.5 Å². The monoisotopic (exact) mass is 486 g/mol. The number of hydrogen-bond acceptors (Lipinski definition) is 6. The van der Waals surface area contributed by atoms with Gasteiger partial charge in [-0.1, -0.05) is 36.4 Å². The minimum Gasteiger partial charge on any atom is -0.462 e. The molecule has 1 aliphatic heterocycles. The summed E-state index contributed by atoms with van der Waals surface area (Å²) in [5, 5.41) is 5.59. The minimum atomic E-state index is -0.828. The lowest BCUT2D eigenvalue weighted by Crippen LogP contribution is -2.44. The average molecular weight is 487 g/mol. The molecule has 1 unspecified atom stereocenters. The number of esters is 1. The van der Waals surface area contributed by atoms with E-state index in [0.29, 0.717) is 29.2 Å². The number of ether oxygens (including phenoxy) is 3. The Morgan fingerprint density at radius 3 is 2.47 bits per heavy atom. The number of anilines is 1. The van der Waals surface area contributed by atoms with Crippen molar-refractivity contribution in [3.8, 4) is 11.5 Å². The van der Waals surface area contributed by atoms with Crippen LogP contribution >= 0.6 is 0 Å². The van der Waals surface area contributed by atoms with E-state index in [1.165, 1.54) is 6.08 Å². The lowest BCUT2D eigenvalue weighted by molar-refractivity contribution is -0.123. The van der Waals surface area contributed by atoms with Crippen LogP contribution in [0.15, 0.2) is 78.9 Å². The molecule has 36 heavy (non-hydrogen) atoms. The summed E-state index contributed by atoms with van der Waals surface area (Å²) >= 11 is 0. The van der Waals surface area contributed by atoms with Crippen molar-refractivity contribution in [1.29, 1.82) is 0 Å². The van der Waals surface area contributed by atoms with E-state index in [2.05, 4.69) is 10.6 Å². The van der Waals surface area contributed by atoms with Gasteiger partial charge in [0.1, 0.15) is 6.04 Å². The smallest absolute Gasteiger partial charge is 0.338 e. The van der Waals surface area contributed by atoms with E-state index in [-0.39, 0.29) is 19.3 Å². The molecule has 1 aliphatic rings. The Morgan fingerprint density at radius 2 is 1.72 bits per heavy atom. The largest absolute Gasteiger partial charge is 0.462 e. The lowest BCUT2D eigenvalue weighted by Gasteiger charge is -2.18. The molecule has 2 N–H and O–H groups in total. The molecular weight excluding hydrogens is 460 g/mol. The fourth-order valence-corrected chi connectivity index (χ4v) is 3.60. The first-order valence-electron chi connectivity index (χ1n) is 11.5. The van der Waals surface area contributed by atoms with E-state index in [1.807, 2.05) is 36.4 Å². The van der Waals surface area contributed by atoms with Crippen LogP contribution in [-0.4, -0.2) is 37.2 Å². The predicted molar refractivity (Wildman–Crippen MR) is 135 cm³/mol. The highest BCUT2D eigenvalue weighted by atomic mass is 16.7. The molecule has 0 aromatic heterocycles. The van der Waals surface area contributed by atoms with Gasteiger partial charge in [0.05, 0.1) is 12.2 Å². The lowest BCUT2D eigenvalue weighted by atomic mass is 10.0. The third kappa shape index (κ3) is 6.50. The van der Waals surface area contributed by atoms with Gasteiger partial charge < -0.3 is 24.8 Å². The summed E-state index contributed by atoms with van der Waals surface area (Å²) in [5.74, 6) is 0.0483. The third-order valence-electron chi connectivity index (χ3n) is 5.40. The first-order chi connectivity index (χ1) is 17.5. The second-order valence-electron chi connectivity index (χ2n) is 7.98. The van der Waals surface area contributed by atoms with E-state index in [1.54, 1.807) is 49.4 Å². The van der Waals surface area contributed by atoms with Crippen LogP contribution in [-0.2, 0) is 20.7 Å². The number of hydrogen-bond donors (Lipinski definition) is 2. The van der Waals surface area contributed by atoms with Gasteiger partial charge in [0.2, 0.25) is 18.6 Å². The molecule has 8 nitrogen and oxygen atoms in total. The summed E-state index contributed by atoms with van der Waals surface area (Å²) in [5.41, 5.74) is 2.55. The Balaban J connectivity index is 1.44. The zero-order chi connectivity index (χ0) is 25.3. The third-order valence-corrected chi connectivity index (χ3v) is 5.40. The zero-order valence-corrected chi connectivity index (χ0v) is 19.7. The summed E-state index contributed by atoms with van der Waals surface area (Å²) in [6.45, 7) is 2.18. The number of carbonyl (C=O) groups excluding carboxylic acids is 3. The fourth-order valence-electron chi connectivity index (χ4n) is 3.60. The molecular formula is C28H26N2O6. The van der Waals surface area contributed by atoms with Gasteiger partial charge in [-0.05, 0) is 60.5 Å². The highest BCUT2D eigenvalue weighted by Crippen LogP contribution is 2.32. The van der Waals surface area contributed by atoms with Crippen molar-refractivity contribution >= 4 is 29.5 Å². The first-order valence-corrected chi connectivity index (χ1v) is 11.5. The Hall–Kier alpha value is -4.59. The SMILES string of the molecule is CCOC(=O)c1ccc(NC(=O)C(Cc2ccccc2)NC(=O)C=Cc2ccc3c(c2)OCO3)cc1. The van der Waals surface area contributed by atoms with E-state index in [9.17, 15) is 14.4 Å². The molecule has 184 valence electrons. The second-order valence-corrected chi connectivity index (χ2v) is 7.98. The molecule has 1 atom stereocenters. The van der Waals surface area contributed by atoms with E-state index in [0.717, 1.165) is 11.1 Å². The van der Waals surface area contributed by atoms with Crippen LogP contribution in [0.3, 0.4) is 0 Å². The van der Waals surface area contributed by atoms with Gasteiger partial charge >= 0.3 is 5.97 Å². The fraction of sp³-hybridized carbons (Fsp3) is 0.179. The highest BCUT2D eigenvalue weighted by molar-refractivity contribution is 6.00. The number of amides is 2. The maximum atomic E-state index is 13.1. The number of nitrogens with one attached hydrogen (secondary N) is 2. The van der Waals surface area contributed by atoms with Crippen molar-refractivity contribution < 1.29 is 28.6 Å². The Kier molecular flexibility index (Phi) is 7.97. The molecule has 3 aromatic rings. The van der Waals surface area contributed by atoms with Gasteiger partial charge in [-0.15, -0.1) is 0 Å². The van der Waals surface area contributed by atoms with Gasteiger partial charge in [-0.3, -0.25) is 9.59 Å². The molecule has 0 spiro atoms. The molecule has 2 amide bonds. The second kappa shape index (κ2) is 11.7. The molecule has 0 saturated carbocycles. The molecule has 8 heteroatoms. The Labute approximate surface area is 208 Å². The molecule has 0 saturated heterocycles. The Bertz CT molecular complexity index is 1250. The summed E-state index contributed by atoms with van der Waals surface area (Å²) < 4.78 is 15.6. The molecule has 4 rings (SSSR count). The standard InChI is InChI=1S/C28H26N2O6/c1-2-34-28(33)21-10-12-22(13-11-21)29-27(32)23(16-19-6-4-3-5-7-19)30-26(31)15-9-20-8-14-24-25(17-20)36-18-35-24/h3-15,17,23H,2,16,18H2,1H3,(H,29,32)(H,30,31). The maximum Gasteiger partial charge on any atom is 0.338 e. The molecule has 0 aliphatic carbocycles. The Morgan fingerprint density at radius 1 is 0.972 bits per heavy atom. The average Bonchev–Trinajstić information content (AvgIpc) is 3.36. The van der Waals surface area contributed by atoms with Crippen molar-refractivity contribution in [3.05, 3.63) is 95.6 Å². The van der Waals surface area contributed by atoms with Crippen LogP contribution in [0.4, 0.5) is 5.69 Å². The molecule has 0 bridgehead atoms. The number of fused-ring (bicyclic) bond motifs is 1. The first kappa shape index (κ1) is 24.5. The van der Waals surface area contributed by atoms with E-state index in [4.69, 9.17) is 14.2 Å². The normalized spacial score (nSPS) is 12.7. The van der Waals surface area contributed by atoms with Crippen LogP contribution < -0.4 is 20.1 Å². The van der Waals surface area contributed by atoms with Gasteiger partial charge in [0.25, 0.3) is 0 Å². The summed E-state index contributed by atoms with van der Waals surface area (Å²) in [7, 11) is 0. The van der Waals surface area contributed by atoms with Crippen molar-refractivity contribution in [2.24, 2.45) is 0 Å². The van der Waals surface area contributed by atoms with Crippen molar-refractivity contribution in [2.75, 3.05) is 18.7 Å². The summed E-state index contributed by atoms with van der Waals surface area (Å²) in [6.07, 6.45) is 3.32. The van der Waals surface area contributed by atoms with Crippen LogP contribution in [0, 0.1) is 0 Å². The van der Waals surface area contributed by atoms with Gasteiger partial charge in [0.15, 0.2) is 11.5 Å². The zero-order valence-electron chi connectivity index (χ0n) is 19.7. The molecule has 0 fully saturated rings. The van der Waals surface area contributed by atoms with E-state index >= 15 is 0 Å². The van der Waals surface area contributed by atoms with Crippen molar-refractivity contribution in [3.63, 3.8) is 0 Å². The van der Waals surface area contributed by atoms with Crippen LogP contribution in [0.2, 0.25) is 0 Å². The maximum absolute atomic E-state index is 13.1. The van der Waals surface area contributed by atoms with Gasteiger partial charge in [0, 0.05) is 18.2 Å². The number of benzene rings is 3. The minimum absolute atomic E-state index is 0.171. The van der Waals surface area contributed by atoms with Gasteiger partial charge in [-0.2, -0.15) is 0 Å². The quantitative estimate of drug-likeness (QED) is 0.351. The molecule has 1 heterocycles. The van der Waals surface area contributed by atoms with Gasteiger partial charge in [-0.25, -0.2) is 4.79 Å². The molecule has 3 aromatic carbocycles. The topological polar surface area (TPSA) is 103 Å². The molecule has 0 radical (unpaired) electrons.